The summed E-state index contributed by atoms with van der Waals surface area (Å²) in [6.45, 7) is 0. The molecule has 0 saturated carbocycles. The highest BCUT2D eigenvalue weighted by atomic mass is 19.4. The van der Waals surface area contributed by atoms with Crippen LogP contribution in [0.4, 0.5) is 27.6 Å². The van der Waals surface area contributed by atoms with Gasteiger partial charge in [-0.25, -0.2) is 9.07 Å². The van der Waals surface area contributed by atoms with Gasteiger partial charge in [-0.1, -0.05) is 18.2 Å². The first kappa shape index (κ1) is 19.1. The molecule has 0 bridgehead atoms. The number of hydrogen-bond donors (Lipinski definition) is 1. The molecule has 11 heteroatoms. The van der Waals surface area contributed by atoms with Gasteiger partial charge < -0.3 is 5.32 Å². The van der Waals surface area contributed by atoms with E-state index in [1.807, 2.05) is 5.32 Å². The molecule has 2 aromatic heterocycles. The molecular weight excluding hydrogens is 387 g/mol. The number of pyridine rings is 1. The predicted molar refractivity (Wildman–Crippen MR) is 86.1 cm³/mol. The van der Waals surface area contributed by atoms with Crippen molar-refractivity contribution < 1.29 is 31.5 Å². The number of rotatable bonds is 4. The van der Waals surface area contributed by atoms with Crippen molar-refractivity contribution in [2.24, 2.45) is 0 Å². The van der Waals surface area contributed by atoms with E-state index in [0.29, 0.717) is 12.1 Å². The SMILES string of the molecule is O=Cc1cc(C(F)(F)F)n(-c2cc(F)c(NC(=O)c3ccccc3)c(F)n2)n1. The number of anilines is 1. The highest BCUT2D eigenvalue weighted by Crippen LogP contribution is 2.32. The van der Waals surface area contributed by atoms with E-state index >= 15 is 0 Å². The molecule has 0 aliphatic rings. The minimum Gasteiger partial charge on any atom is -0.316 e. The average Bonchev–Trinajstić information content (AvgIpc) is 3.10. The summed E-state index contributed by atoms with van der Waals surface area (Å²) in [4.78, 5) is 26.0. The van der Waals surface area contributed by atoms with Crippen LogP contribution in [-0.4, -0.2) is 27.0 Å². The molecule has 0 fully saturated rings. The van der Waals surface area contributed by atoms with Crippen LogP contribution >= 0.6 is 0 Å². The molecule has 0 atom stereocenters. The zero-order valence-electron chi connectivity index (χ0n) is 13.7. The topological polar surface area (TPSA) is 76.9 Å². The van der Waals surface area contributed by atoms with Gasteiger partial charge in [-0.15, -0.1) is 0 Å². The molecule has 0 radical (unpaired) electrons. The Morgan fingerprint density at radius 1 is 1.11 bits per heavy atom. The summed E-state index contributed by atoms with van der Waals surface area (Å²) in [7, 11) is 0. The first-order valence-corrected chi connectivity index (χ1v) is 7.56. The molecule has 0 aliphatic heterocycles. The Balaban J connectivity index is 2.00. The lowest BCUT2D eigenvalue weighted by molar-refractivity contribution is -0.142. The summed E-state index contributed by atoms with van der Waals surface area (Å²) in [6.07, 6.45) is -4.91. The maximum absolute atomic E-state index is 14.3. The van der Waals surface area contributed by atoms with E-state index in [9.17, 15) is 31.5 Å². The first-order valence-electron chi connectivity index (χ1n) is 7.56. The van der Waals surface area contributed by atoms with E-state index in [2.05, 4.69) is 10.1 Å². The lowest BCUT2D eigenvalue weighted by Crippen LogP contribution is -2.18. The second kappa shape index (κ2) is 7.18. The Labute approximate surface area is 153 Å². The molecule has 1 N–H and O–H groups in total. The maximum atomic E-state index is 14.3. The lowest BCUT2D eigenvalue weighted by Gasteiger charge is -2.12. The van der Waals surface area contributed by atoms with Crippen molar-refractivity contribution >= 4 is 17.9 Å². The largest absolute Gasteiger partial charge is 0.433 e. The smallest absolute Gasteiger partial charge is 0.316 e. The number of carbonyl (C=O) groups is 2. The summed E-state index contributed by atoms with van der Waals surface area (Å²) in [5.41, 5.74) is -2.88. The van der Waals surface area contributed by atoms with E-state index in [4.69, 9.17) is 0 Å². The number of benzene rings is 1. The summed E-state index contributed by atoms with van der Waals surface area (Å²) < 4.78 is 67.9. The fourth-order valence-corrected chi connectivity index (χ4v) is 2.30. The fourth-order valence-electron chi connectivity index (χ4n) is 2.30. The molecule has 3 rings (SSSR count). The van der Waals surface area contributed by atoms with Crippen molar-refractivity contribution in [3.8, 4) is 5.82 Å². The second-order valence-electron chi connectivity index (χ2n) is 5.43. The minimum atomic E-state index is -4.96. The number of alkyl halides is 3. The van der Waals surface area contributed by atoms with E-state index in [1.165, 1.54) is 24.3 Å². The lowest BCUT2D eigenvalue weighted by atomic mass is 10.2. The molecule has 2 heterocycles. The summed E-state index contributed by atoms with van der Waals surface area (Å²) in [5.74, 6) is -4.63. The van der Waals surface area contributed by atoms with Gasteiger partial charge in [0.1, 0.15) is 11.4 Å². The van der Waals surface area contributed by atoms with Crippen LogP contribution in [0.25, 0.3) is 5.82 Å². The number of halogens is 5. The number of aromatic nitrogens is 3. The highest BCUT2D eigenvalue weighted by molar-refractivity contribution is 6.04. The van der Waals surface area contributed by atoms with Crippen molar-refractivity contribution in [3.05, 3.63) is 71.2 Å². The predicted octanol–water partition coefficient (Wildman–Crippen LogP) is 3.63. The van der Waals surface area contributed by atoms with Crippen LogP contribution in [0, 0.1) is 11.8 Å². The zero-order chi connectivity index (χ0) is 20.5. The van der Waals surface area contributed by atoms with Crippen LogP contribution in [0.1, 0.15) is 26.5 Å². The standard InChI is InChI=1S/C17H9F5N4O2/c18-11-7-13(26-12(17(20,21)22)6-10(8-27)25-26)23-15(19)14(11)24-16(28)9-4-2-1-3-5-9/h1-8H,(H,24,28). The van der Waals surface area contributed by atoms with Crippen LogP contribution in [0.15, 0.2) is 42.5 Å². The summed E-state index contributed by atoms with van der Waals surface area (Å²) in [5, 5.41) is 5.31. The van der Waals surface area contributed by atoms with Crippen LogP contribution < -0.4 is 5.32 Å². The molecule has 28 heavy (non-hydrogen) atoms. The van der Waals surface area contributed by atoms with Crippen molar-refractivity contribution in [1.82, 2.24) is 14.8 Å². The molecule has 144 valence electrons. The Morgan fingerprint density at radius 2 is 1.79 bits per heavy atom. The molecule has 0 aliphatic carbocycles. The molecular formula is C17H9F5N4O2. The van der Waals surface area contributed by atoms with Gasteiger partial charge in [0.25, 0.3) is 5.91 Å². The Kier molecular flexibility index (Phi) is 4.91. The molecule has 3 aromatic rings. The fraction of sp³-hybridized carbons (Fsp3) is 0.0588. The Morgan fingerprint density at radius 3 is 2.36 bits per heavy atom. The van der Waals surface area contributed by atoms with Gasteiger partial charge in [-0.3, -0.25) is 9.59 Å². The van der Waals surface area contributed by atoms with Crippen LogP contribution in [0.5, 0.6) is 0 Å². The maximum Gasteiger partial charge on any atom is 0.433 e. The van der Waals surface area contributed by atoms with Crippen molar-refractivity contribution in [2.45, 2.75) is 6.18 Å². The van der Waals surface area contributed by atoms with Gasteiger partial charge in [-0.2, -0.15) is 27.6 Å². The summed E-state index contributed by atoms with van der Waals surface area (Å²) >= 11 is 0. The van der Waals surface area contributed by atoms with Gasteiger partial charge in [-0.05, 0) is 18.2 Å². The third-order valence-corrected chi connectivity index (χ3v) is 3.54. The third kappa shape index (κ3) is 3.72. The number of carbonyl (C=O) groups excluding carboxylic acids is 2. The quantitative estimate of drug-likeness (QED) is 0.415. The van der Waals surface area contributed by atoms with Gasteiger partial charge in [0.2, 0.25) is 5.95 Å². The molecule has 6 nitrogen and oxygen atoms in total. The third-order valence-electron chi connectivity index (χ3n) is 3.54. The zero-order valence-corrected chi connectivity index (χ0v) is 13.7. The second-order valence-corrected chi connectivity index (χ2v) is 5.43. The molecule has 1 amide bonds. The first-order chi connectivity index (χ1) is 13.2. The van der Waals surface area contributed by atoms with Crippen LogP contribution in [0.3, 0.4) is 0 Å². The van der Waals surface area contributed by atoms with Crippen molar-refractivity contribution in [3.63, 3.8) is 0 Å². The molecule has 0 saturated heterocycles. The van der Waals surface area contributed by atoms with Gasteiger partial charge >= 0.3 is 6.18 Å². The van der Waals surface area contributed by atoms with Crippen molar-refractivity contribution in [1.29, 1.82) is 0 Å². The Hall–Kier alpha value is -3.63. The average molecular weight is 396 g/mol. The molecule has 1 aromatic carbocycles. The minimum absolute atomic E-state index is 0.0485. The number of hydrogen-bond acceptors (Lipinski definition) is 4. The van der Waals surface area contributed by atoms with Crippen LogP contribution in [-0.2, 0) is 6.18 Å². The number of nitrogens with one attached hydrogen (secondary N) is 1. The van der Waals surface area contributed by atoms with E-state index in [0.717, 1.165) is 0 Å². The monoisotopic (exact) mass is 396 g/mol. The summed E-state index contributed by atoms with van der Waals surface area (Å²) in [6, 6.07) is 8.36. The molecule has 0 unspecified atom stereocenters. The van der Waals surface area contributed by atoms with Crippen molar-refractivity contribution in [2.75, 3.05) is 5.32 Å². The van der Waals surface area contributed by atoms with Gasteiger partial charge in [0.15, 0.2) is 23.6 Å². The number of nitrogens with zero attached hydrogens (tertiary/aromatic N) is 3. The normalized spacial score (nSPS) is 11.3. The molecule has 0 spiro atoms. The Bertz CT molecular complexity index is 1020. The van der Waals surface area contributed by atoms with E-state index in [-0.39, 0.29) is 16.5 Å². The van der Waals surface area contributed by atoms with Crippen LogP contribution in [0.2, 0.25) is 0 Å². The highest BCUT2D eigenvalue weighted by Gasteiger charge is 2.37. The number of aldehydes is 1. The van der Waals surface area contributed by atoms with Gasteiger partial charge in [0.05, 0.1) is 0 Å². The van der Waals surface area contributed by atoms with Gasteiger partial charge in [0, 0.05) is 11.6 Å². The van der Waals surface area contributed by atoms with E-state index in [1.54, 1.807) is 6.07 Å². The number of amides is 1. The van der Waals surface area contributed by atoms with E-state index < -0.39 is 46.7 Å².